The number of rotatable bonds is 3. The number of aromatic nitrogens is 1. The lowest BCUT2D eigenvalue weighted by Crippen LogP contribution is -2.41. The number of pyridine rings is 1. The monoisotopic (exact) mass is 331 g/mol. The Morgan fingerprint density at radius 3 is 2.75 bits per heavy atom. The van der Waals surface area contributed by atoms with Crippen molar-refractivity contribution in [2.75, 3.05) is 18.0 Å². The number of nitrogens with two attached hydrogens (primary N) is 2. The van der Waals surface area contributed by atoms with Crippen molar-refractivity contribution in [3.05, 3.63) is 35.6 Å². The first-order valence-electron chi connectivity index (χ1n) is 8.06. The highest BCUT2D eigenvalue weighted by atomic mass is 19.1. The van der Waals surface area contributed by atoms with E-state index in [-0.39, 0.29) is 17.7 Å². The Balaban J connectivity index is 2.11. The zero-order chi connectivity index (χ0) is 17.3. The van der Waals surface area contributed by atoms with Gasteiger partial charge < -0.3 is 21.5 Å². The largest absolute Gasteiger partial charge is 0.383 e. The molecule has 1 aromatic carbocycles. The molecule has 0 radical (unpaired) electrons. The molecule has 0 spiro atoms. The Hall–Kier alpha value is -2.25. The summed E-state index contributed by atoms with van der Waals surface area (Å²) in [6, 6.07) is 6.42. The minimum absolute atomic E-state index is 0.188. The van der Waals surface area contributed by atoms with Crippen molar-refractivity contribution in [2.24, 2.45) is 16.5 Å². The van der Waals surface area contributed by atoms with E-state index in [0.29, 0.717) is 22.3 Å². The average Bonchev–Trinajstić information content (AvgIpc) is 2.53. The van der Waals surface area contributed by atoms with E-state index in [0.717, 1.165) is 25.9 Å². The number of amidine groups is 1. The SMILES string of the molecule is CC(O)N=C(N)c1cc2cc(F)ccc2nc1N1CCC(N)CC1. The molecule has 2 aromatic rings. The summed E-state index contributed by atoms with van der Waals surface area (Å²) >= 11 is 0. The Morgan fingerprint density at radius 1 is 1.38 bits per heavy atom. The van der Waals surface area contributed by atoms with Crippen LogP contribution in [0.3, 0.4) is 0 Å². The van der Waals surface area contributed by atoms with Gasteiger partial charge in [-0.25, -0.2) is 14.4 Å². The van der Waals surface area contributed by atoms with Gasteiger partial charge >= 0.3 is 0 Å². The highest BCUT2D eigenvalue weighted by molar-refractivity contribution is 6.04. The van der Waals surface area contributed by atoms with Crippen molar-refractivity contribution in [1.82, 2.24) is 4.98 Å². The maximum atomic E-state index is 13.5. The number of aliphatic hydroxyl groups is 1. The fourth-order valence-corrected chi connectivity index (χ4v) is 2.95. The summed E-state index contributed by atoms with van der Waals surface area (Å²) in [5.41, 5.74) is 13.3. The molecule has 0 bridgehead atoms. The number of piperidine rings is 1. The van der Waals surface area contributed by atoms with Crippen molar-refractivity contribution < 1.29 is 9.50 Å². The highest BCUT2D eigenvalue weighted by Crippen LogP contribution is 2.26. The standard InChI is InChI=1S/C17H22FN5O/c1-10(24)21-16(20)14-9-11-8-12(18)2-3-15(11)22-17(14)23-6-4-13(19)5-7-23/h2-3,8-10,13,24H,4-7,19H2,1H3,(H2,20,21). The predicted molar refractivity (Wildman–Crippen MR) is 93.5 cm³/mol. The maximum absolute atomic E-state index is 13.5. The van der Waals surface area contributed by atoms with Gasteiger partial charge in [0.2, 0.25) is 0 Å². The molecule has 1 aliphatic rings. The summed E-state index contributed by atoms with van der Waals surface area (Å²) in [4.78, 5) is 10.8. The van der Waals surface area contributed by atoms with E-state index < -0.39 is 6.23 Å². The molecule has 0 saturated carbocycles. The molecule has 2 heterocycles. The zero-order valence-electron chi connectivity index (χ0n) is 13.6. The normalized spacial score (nSPS) is 18.2. The van der Waals surface area contributed by atoms with Gasteiger partial charge in [-0.2, -0.15) is 0 Å². The van der Waals surface area contributed by atoms with Crippen LogP contribution in [0.25, 0.3) is 10.9 Å². The average molecular weight is 331 g/mol. The molecule has 24 heavy (non-hydrogen) atoms. The van der Waals surface area contributed by atoms with Gasteiger partial charge in [-0.1, -0.05) is 0 Å². The molecule has 5 N–H and O–H groups in total. The quantitative estimate of drug-likeness (QED) is 0.582. The first kappa shape index (κ1) is 16.6. The van der Waals surface area contributed by atoms with E-state index >= 15 is 0 Å². The second-order valence-electron chi connectivity index (χ2n) is 6.17. The third-order valence-electron chi connectivity index (χ3n) is 4.20. The minimum Gasteiger partial charge on any atom is -0.383 e. The molecular formula is C17H22FN5O. The number of aliphatic hydroxyl groups excluding tert-OH is 1. The lowest BCUT2D eigenvalue weighted by molar-refractivity contribution is 0.205. The van der Waals surface area contributed by atoms with Crippen LogP contribution in [0, 0.1) is 5.82 Å². The van der Waals surface area contributed by atoms with Gasteiger partial charge in [-0.05, 0) is 44.0 Å². The van der Waals surface area contributed by atoms with Crippen molar-refractivity contribution in [3.63, 3.8) is 0 Å². The Kier molecular flexibility index (Phi) is 4.64. The fourth-order valence-electron chi connectivity index (χ4n) is 2.95. The summed E-state index contributed by atoms with van der Waals surface area (Å²) in [6.45, 7) is 3.08. The molecule has 3 rings (SSSR count). The molecule has 1 saturated heterocycles. The number of anilines is 1. The molecule has 128 valence electrons. The molecule has 1 fully saturated rings. The van der Waals surface area contributed by atoms with Gasteiger partial charge in [0.05, 0.1) is 11.1 Å². The number of benzene rings is 1. The van der Waals surface area contributed by atoms with Crippen molar-refractivity contribution in [3.8, 4) is 0 Å². The van der Waals surface area contributed by atoms with Gasteiger partial charge in [-0.15, -0.1) is 0 Å². The molecule has 1 aliphatic heterocycles. The van der Waals surface area contributed by atoms with Gasteiger partial charge in [0.1, 0.15) is 23.7 Å². The highest BCUT2D eigenvalue weighted by Gasteiger charge is 2.22. The van der Waals surface area contributed by atoms with E-state index in [1.165, 1.54) is 19.1 Å². The third kappa shape index (κ3) is 3.47. The number of halogens is 1. The summed E-state index contributed by atoms with van der Waals surface area (Å²) in [6.07, 6.45) is 0.822. The van der Waals surface area contributed by atoms with Crippen LogP contribution in [0.15, 0.2) is 29.3 Å². The van der Waals surface area contributed by atoms with E-state index in [1.54, 1.807) is 12.1 Å². The first-order valence-corrected chi connectivity index (χ1v) is 8.06. The first-order chi connectivity index (χ1) is 11.4. The van der Waals surface area contributed by atoms with Crippen molar-refractivity contribution in [2.45, 2.75) is 32.0 Å². The minimum atomic E-state index is -0.921. The summed E-state index contributed by atoms with van der Waals surface area (Å²) in [7, 11) is 0. The Labute approximate surface area is 140 Å². The second kappa shape index (κ2) is 6.70. The topological polar surface area (TPSA) is 101 Å². The van der Waals surface area contributed by atoms with Crippen molar-refractivity contribution >= 4 is 22.6 Å². The van der Waals surface area contributed by atoms with Gasteiger partial charge in [0.15, 0.2) is 0 Å². The Bertz CT molecular complexity index is 769. The predicted octanol–water partition coefficient (Wildman–Crippen LogP) is 1.34. The van der Waals surface area contributed by atoms with E-state index in [2.05, 4.69) is 14.9 Å². The van der Waals surface area contributed by atoms with Gasteiger partial charge in [0, 0.05) is 24.5 Å². The van der Waals surface area contributed by atoms with E-state index in [9.17, 15) is 9.50 Å². The molecule has 1 unspecified atom stereocenters. The van der Waals surface area contributed by atoms with Crippen LogP contribution in [-0.2, 0) is 0 Å². The van der Waals surface area contributed by atoms with Crippen LogP contribution in [0.2, 0.25) is 0 Å². The lowest BCUT2D eigenvalue weighted by atomic mass is 10.0. The number of aliphatic imine (C=N–C) groups is 1. The molecule has 6 nitrogen and oxygen atoms in total. The molecule has 1 aromatic heterocycles. The second-order valence-corrected chi connectivity index (χ2v) is 6.17. The van der Waals surface area contributed by atoms with Gasteiger partial charge in [0.25, 0.3) is 0 Å². The van der Waals surface area contributed by atoms with Crippen LogP contribution in [0.1, 0.15) is 25.3 Å². The summed E-state index contributed by atoms with van der Waals surface area (Å²) < 4.78 is 13.5. The Morgan fingerprint density at radius 2 is 2.08 bits per heavy atom. The van der Waals surface area contributed by atoms with Crippen LogP contribution in [-0.4, -0.2) is 41.3 Å². The molecule has 0 aliphatic carbocycles. The fraction of sp³-hybridized carbons (Fsp3) is 0.412. The smallest absolute Gasteiger partial charge is 0.144 e. The van der Waals surface area contributed by atoms with E-state index in [4.69, 9.17) is 11.5 Å². The number of nitrogens with zero attached hydrogens (tertiary/aromatic N) is 3. The van der Waals surface area contributed by atoms with E-state index in [1.807, 2.05) is 0 Å². The van der Waals surface area contributed by atoms with Gasteiger partial charge in [-0.3, -0.25) is 0 Å². The molecule has 7 heteroatoms. The third-order valence-corrected chi connectivity index (χ3v) is 4.20. The number of hydrogen-bond donors (Lipinski definition) is 3. The lowest BCUT2D eigenvalue weighted by Gasteiger charge is -2.32. The maximum Gasteiger partial charge on any atom is 0.144 e. The molecule has 0 amide bonds. The number of fused-ring (bicyclic) bond motifs is 1. The summed E-state index contributed by atoms with van der Waals surface area (Å²) in [5.74, 6) is 0.550. The van der Waals surface area contributed by atoms with Crippen LogP contribution < -0.4 is 16.4 Å². The number of hydrogen-bond acceptors (Lipinski definition) is 5. The summed E-state index contributed by atoms with van der Waals surface area (Å²) in [5, 5.41) is 10.1. The van der Waals surface area contributed by atoms with Crippen molar-refractivity contribution in [1.29, 1.82) is 0 Å². The van der Waals surface area contributed by atoms with Crippen LogP contribution in [0.4, 0.5) is 10.2 Å². The van der Waals surface area contributed by atoms with Crippen LogP contribution in [0.5, 0.6) is 0 Å². The zero-order valence-corrected chi connectivity index (χ0v) is 13.6. The van der Waals surface area contributed by atoms with Crippen LogP contribution >= 0.6 is 0 Å². The molecule has 1 atom stereocenters. The molecular weight excluding hydrogens is 309 g/mol.